The average Bonchev–Trinajstić information content (AvgIpc) is 3.13. The normalized spacial score (nSPS) is 23.8. The van der Waals surface area contributed by atoms with Crippen molar-refractivity contribution in [3.63, 3.8) is 0 Å². The van der Waals surface area contributed by atoms with E-state index >= 15 is 0 Å². The zero-order valence-corrected chi connectivity index (χ0v) is 18.4. The third-order valence-electron chi connectivity index (χ3n) is 7.61. The fraction of sp³-hybridized carbons (Fsp3) is 0.423. The van der Waals surface area contributed by atoms with E-state index in [2.05, 4.69) is 67.0 Å². The van der Waals surface area contributed by atoms with Crippen LogP contribution in [0.4, 0.5) is 0 Å². The maximum atomic E-state index is 13.8. The van der Waals surface area contributed by atoms with Crippen LogP contribution in [0.1, 0.15) is 47.2 Å². The monoisotopic (exact) mass is 401 g/mol. The molecule has 2 bridgehead atoms. The van der Waals surface area contributed by atoms with Crippen LogP contribution in [0.5, 0.6) is 0 Å². The summed E-state index contributed by atoms with van der Waals surface area (Å²) in [6, 6.07) is 16.1. The lowest BCUT2D eigenvalue weighted by atomic mass is 9.96. The number of aryl methyl sites for hydroxylation is 3. The van der Waals surface area contributed by atoms with Crippen molar-refractivity contribution in [2.45, 2.75) is 57.7 Å². The Morgan fingerprint density at radius 2 is 1.63 bits per heavy atom. The molecule has 1 unspecified atom stereocenters. The summed E-state index contributed by atoms with van der Waals surface area (Å²) in [5.41, 5.74) is 6.45. The highest BCUT2D eigenvalue weighted by Crippen LogP contribution is 2.37. The molecule has 2 saturated heterocycles. The fourth-order valence-electron chi connectivity index (χ4n) is 5.75. The number of piperidine rings is 1. The van der Waals surface area contributed by atoms with Gasteiger partial charge in [0.05, 0.1) is 11.3 Å². The highest BCUT2D eigenvalue weighted by molar-refractivity contribution is 6.14. The Kier molecular flexibility index (Phi) is 4.70. The van der Waals surface area contributed by atoms with Crippen molar-refractivity contribution in [3.8, 4) is 11.3 Å². The second-order valence-electron chi connectivity index (χ2n) is 9.24. The minimum atomic E-state index is 0.0714. The molecular formula is C26H31N3O. The second kappa shape index (κ2) is 7.28. The van der Waals surface area contributed by atoms with E-state index in [4.69, 9.17) is 0 Å². The van der Waals surface area contributed by atoms with Crippen molar-refractivity contribution >= 4 is 16.8 Å². The van der Waals surface area contributed by atoms with Gasteiger partial charge in [0, 0.05) is 36.1 Å². The number of nitrogens with zero attached hydrogens (tertiary/aromatic N) is 2. The minimum absolute atomic E-state index is 0.0714. The standard InChI is InChI=1S/C26H31N3O/c1-16-10-13-22-23(17(16)2)24(25(29(22)4)18-8-6-5-7-9-18)26(30)27-19-14-20-11-12-21(15-19)28(20)3/h5-10,13,19-21H,11-12,14-15H2,1-4H3,(H,27,30)/t19?,20-,21+. The van der Waals surface area contributed by atoms with Crippen molar-refractivity contribution in [3.05, 3.63) is 59.2 Å². The van der Waals surface area contributed by atoms with E-state index in [9.17, 15) is 4.79 Å². The van der Waals surface area contributed by atoms with Gasteiger partial charge in [-0.05, 0) is 69.3 Å². The molecule has 3 atom stereocenters. The molecule has 156 valence electrons. The van der Waals surface area contributed by atoms with Gasteiger partial charge in [-0.25, -0.2) is 0 Å². The van der Waals surface area contributed by atoms with Crippen LogP contribution < -0.4 is 5.32 Å². The van der Waals surface area contributed by atoms with Crippen molar-refractivity contribution in [2.24, 2.45) is 7.05 Å². The first-order chi connectivity index (χ1) is 14.5. The summed E-state index contributed by atoms with van der Waals surface area (Å²) in [5, 5.41) is 4.53. The molecule has 5 rings (SSSR count). The van der Waals surface area contributed by atoms with Crippen molar-refractivity contribution < 1.29 is 4.79 Å². The number of hydrogen-bond donors (Lipinski definition) is 1. The fourth-order valence-corrected chi connectivity index (χ4v) is 5.75. The molecule has 0 aliphatic carbocycles. The van der Waals surface area contributed by atoms with Gasteiger partial charge in [0.2, 0.25) is 0 Å². The summed E-state index contributed by atoms with van der Waals surface area (Å²) in [5.74, 6) is 0.0714. The number of nitrogens with one attached hydrogen (secondary N) is 1. The number of carbonyl (C=O) groups excluding carboxylic acids is 1. The summed E-state index contributed by atoms with van der Waals surface area (Å²) in [6.07, 6.45) is 4.63. The molecule has 3 aromatic rings. The minimum Gasteiger partial charge on any atom is -0.349 e. The lowest BCUT2D eigenvalue weighted by molar-refractivity contribution is 0.0884. The Morgan fingerprint density at radius 1 is 0.967 bits per heavy atom. The maximum Gasteiger partial charge on any atom is 0.254 e. The van der Waals surface area contributed by atoms with E-state index in [1.54, 1.807) is 0 Å². The van der Waals surface area contributed by atoms with E-state index in [0.717, 1.165) is 40.6 Å². The number of amides is 1. The molecule has 1 N–H and O–H groups in total. The molecule has 2 aliphatic heterocycles. The molecule has 1 aromatic heterocycles. The molecule has 2 aliphatic rings. The van der Waals surface area contributed by atoms with Gasteiger partial charge in [-0.15, -0.1) is 0 Å². The molecule has 0 radical (unpaired) electrons. The molecular weight excluding hydrogens is 370 g/mol. The SMILES string of the molecule is Cc1ccc2c(c1C)c(C(=O)NC1C[C@H]3CC[C@@H](C1)N3C)c(-c1ccccc1)n2C. The topological polar surface area (TPSA) is 37.3 Å². The molecule has 0 spiro atoms. The molecule has 2 fully saturated rings. The van der Waals surface area contributed by atoms with Gasteiger partial charge < -0.3 is 14.8 Å². The molecule has 3 heterocycles. The molecule has 4 heteroatoms. The van der Waals surface area contributed by atoms with Gasteiger partial charge >= 0.3 is 0 Å². The first kappa shape index (κ1) is 19.4. The third kappa shape index (κ3) is 2.97. The summed E-state index contributed by atoms with van der Waals surface area (Å²) in [6.45, 7) is 4.26. The highest BCUT2D eigenvalue weighted by Gasteiger charge is 2.39. The number of carbonyl (C=O) groups is 1. The number of benzene rings is 2. The van der Waals surface area contributed by atoms with Gasteiger partial charge in [-0.3, -0.25) is 4.79 Å². The average molecular weight is 402 g/mol. The molecule has 2 aromatic carbocycles. The Bertz CT molecular complexity index is 1100. The van der Waals surface area contributed by atoms with Crippen LogP contribution in [-0.4, -0.2) is 40.5 Å². The van der Waals surface area contributed by atoms with Crippen LogP contribution >= 0.6 is 0 Å². The maximum absolute atomic E-state index is 13.8. The van der Waals surface area contributed by atoms with Crippen LogP contribution in [0.2, 0.25) is 0 Å². The zero-order chi connectivity index (χ0) is 21.0. The van der Waals surface area contributed by atoms with Crippen LogP contribution in [-0.2, 0) is 7.05 Å². The Labute approximate surface area is 178 Å². The number of rotatable bonds is 3. The van der Waals surface area contributed by atoms with Gasteiger partial charge in [-0.2, -0.15) is 0 Å². The summed E-state index contributed by atoms with van der Waals surface area (Å²) >= 11 is 0. The molecule has 1 amide bonds. The predicted octanol–water partition coefficient (Wildman–Crippen LogP) is 4.82. The quantitative estimate of drug-likeness (QED) is 0.683. The van der Waals surface area contributed by atoms with Crippen LogP contribution in [0.25, 0.3) is 22.2 Å². The van der Waals surface area contributed by atoms with Gasteiger partial charge in [0.1, 0.15) is 0 Å². The van der Waals surface area contributed by atoms with Crippen molar-refractivity contribution in [1.29, 1.82) is 0 Å². The van der Waals surface area contributed by atoms with Crippen molar-refractivity contribution in [2.75, 3.05) is 7.05 Å². The number of hydrogen-bond acceptors (Lipinski definition) is 2. The largest absolute Gasteiger partial charge is 0.349 e. The highest BCUT2D eigenvalue weighted by atomic mass is 16.1. The van der Waals surface area contributed by atoms with E-state index in [1.807, 2.05) is 18.2 Å². The van der Waals surface area contributed by atoms with Crippen LogP contribution in [0.15, 0.2) is 42.5 Å². The third-order valence-corrected chi connectivity index (χ3v) is 7.61. The number of aromatic nitrogens is 1. The first-order valence-corrected chi connectivity index (χ1v) is 11.1. The van der Waals surface area contributed by atoms with Gasteiger partial charge in [0.15, 0.2) is 0 Å². The molecule has 30 heavy (non-hydrogen) atoms. The number of fused-ring (bicyclic) bond motifs is 3. The van der Waals surface area contributed by atoms with Gasteiger partial charge in [-0.1, -0.05) is 36.4 Å². The Morgan fingerprint density at radius 3 is 2.30 bits per heavy atom. The summed E-state index contributed by atoms with van der Waals surface area (Å²) < 4.78 is 2.18. The predicted molar refractivity (Wildman–Crippen MR) is 123 cm³/mol. The molecule has 4 nitrogen and oxygen atoms in total. The smallest absolute Gasteiger partial charge is 0.254 e. The lowest BCUT2D eigenvalue weighted by Gasteiger charge is -2.36. The van der Waals surface area contributed by atoms with Crippen LogP contribution in [0, 0.1) is 13.8 Å². The summed E-state index contributed by atoms with van der Waals surface area (Å²) in [4.78, 5) is 16.3. The summed E-state index contributed by atoms with van der Waals surface area (Å²) in [7, 11) is 4.32. The van der Waals surface area contributed by atoms with E-state index in [0.29, 0.717) is 12.1 Å². The zero-order valence-electron chi connectivity index (χ0n) is 18.4. The van der Waals surface area contributed by atoms with Crippen LogP contribution in [0.3, 0.4) is 0 Å². The molecule has 0 saturated carbocycles. The van der Waals surface area contributed by atoms with E-state index < -0.39 is 0 Å². The Balaban J connectivity index is 1.60. The Hall–Kier alpha value is -2.59. The van der Waals surface area contributed by atoms with E-state index in [-0.39, 0.29) is 11.9 Å². The van der Waals surface area contributed by atoms with Gasteiger partial charge in [0.25, 0.3) is 5.91 Å². The first-order valence-electron chi connectivity index (χ1n) is 11.1. The van der Waals surface area contributed by atoms with Crippen molar-refractivity contribution in [1.82, 2.24) is 14.8 Å². The van der Waals surface area contributed by atoms with E-state index in [1.165, 1.54) is 24.0 Å². The lowest BCUT2D eigenvalue weighted by Crippen LogP contribution is -2.48. The second-order valence-corrected chi connectivity index (χ2v) is 9.24.